The van der Waals surface area contributed by atoms with E-state index in [-0.39, 0.29) is 11.7 Å². The number of methoxy groups -OCH3 is 1. The summed E-state index contributed by atoms with van der Waals surface area (Å²) in [5, 5.41) is 15.4. The molecule has 0 aliphatic carbocycles. The molecule has 1 heterocycles. The third-order valence-corrected chi connectivity index (χ3v) is 5.12. The largest absolute Gasteiger partial charge is 0.497 e. The van der Waals surface area contributed by atoms with E-state index in [0.29, 0.717) is 11.7 Å². The molecule has 2 aromatic carbocycles. The molecule has 1 N–H and O–H groups in total. The average molecular weight is 383 g/mol. The molecule has 3 rings (SSSR count). The lowest BCUT2D eigenvalue weighted by atomic mass is 10.1. The van der Waals surface area contributed by atoms with E-state index in [4.69, 9.17) is 4.74 Å². The van der Waals surface area contributed by atoms with Crippen LogP contribution in [0.15, 0.2) is 47.6 Å². The highest BCUT2D eigenvalue weighted by atomic mass is 32.2. The Morgan fingerprint density at radius 3 is 2.85 bits per heavy atom. The summed E-state index contributed by atoms with van der Waals surface area (Å²) >= 11 is 1.30. The number of aryl methyl sites for hydroxylation is 1. The standard InChI is InChI=1S/C19H21N5O2S/c1-13-6-4-9-17(14(13)2)24-19(21-22-23-24)27-12-18(25)20-11-15-7-5-8-16(10-15)26-3/h4-10H,11-12H2,1-3H3,(H,20,25). The number of carbonyl (C=O) groups is 1. The minimum atomic E-state index is -0.0849. The van der Waals surface area contributed by atoms with Crippen LogP contribution in [0, 0.1) is 13.8 Å². The quantitative estimate of drug-likeness (QED) is 0.632. The van der Waals surface area contributed by atoms with E-state index >= 15 is 0 Å². The van der Waals surface area contributed by atoms with E-state index < -0.39 is 0 Å². The van der Waals surface area contributed by atoms with Gasteiger partial charge in [0.15, 0.2) is 0 Å². The molecule has 0 aliphatic heterocycles. The lowest BCUT2D eigenvalue weighted by molar-refractivity contribution is -0.118. The van der Waals surface area contributed by atoms with Crippen molar-refractivity contribution in [3.8, 4) is 11.4 Å². The molecule has 140 valence electrons. The predicted molar refractivity (Wildman–Crippen MR) is 104 cm³/mol. The summed E-state index contributed by atoms with van der Waals surface area (Å²) in [5.41, 5.74) is 4.16. The highest BCUT2D eigenvalue weighted by Crippen LogP contribution is 2.22. The molecule has 0 bridgehead atoms. The van der Waals surface area contributed by atoms with Crippen LogP contribution < -0.4 is 10.1 Å². The topological polar surface area (TPSA) is 81.9 Å². The fourth-order valence-corrected chi connectivity index (χ4v) is 3.26. The van der Waals surface area contributed by atoms with Crippen molar-refractivity contribution < 1.29 is 9.53 Å². The minimum absolute atomic E-state index is 0.0849. The second kappa shape index (κ2) is 8.68. The number of amides is 1. The van der Waals surface area contributed by atoms with Gasteiger partial charge in [-0.25, -0.2) is 0 Å². The fourth-order valence-electron chi connectivity index (χ4n) is 2.55. The van der Waals surface area contributed by atoms with Crippen molar-refractivity contribution >= 4 is 17.7 Å². The number of thioether (sulfide) groups is 1. The number of tetrazole rings is 1. The van der Waals surface area contributed by atoms with E-state index in [1.165, 1.54) is 11.8 Å². The molecule has 27 heavy (non-hydrogen) atoms. The zero-order chi connectivity index (χ0) is 19.2. The molecule has 3 aromatic rings. The third kappa shape index (κ3) is 4.65. The first-order chi connectivity index (χ1) is 13.1. The van der Waals surface area contributed by atoms with Crippen molar-refractivity contribution in [3.63, 3.8) is 0 Å². The highest BCUT2D eigenvalue weighted by Gasteiger charge is 2.13. The number of hydrogen-bond donors (Lipinski definition) is 1. The summed E-state index contributed by atoms with van der Waals surface area (Å²) in [5.74, 6) is 0.914. The van der Waals surface area contributed by atoms with Gasteiger partial charge in [0.1, 0.15) is 5.75 Å². The molecule has 7 nitrogen and oxygen atoms in total. The van der Waals surface area contributed by atoms with Gasteiger partial charge in [0.25, 0.3) is 0 Å². The SMILES string of the molecule is COc1cccc(CNC(=O)CSc2nnnn2-c2cccc(C)c2C)c1. The Balaban J connectivity index is 1.60. The van der Waals surface area contributed by atoms with E-state index in [1.54, 1.807) is 11.8 Å². The lowest BCUT2D eigenvalue weighted by Gasteiger charge is -2.10. The van der Waals surface area contributed by atoms with Gasteiger partial charge in [-0.05, 0) is 59.2 Å². The number of ether oxygens (including phenoxy) is 1. The Kier molecular flexibility index (Phi) is 6.08. The Morgan fingerprint density at radius 2 is 2.04 bits per heavy atom. The second-order valence-corrected chi connectivity index (χ2v) is 6.95. The van der Waals surface area contributed by atoms with Gasteiger partial charge in [-0.15, -0.1) is 5.10 Å². The van der Waals surface area contributed by atoms with Crippen LogP contribution in [-0.4, -0.2) is 39.0 Å². The van der Waals surface area contributed by atoms with Crippen LogP contribution in [-0.2, 0) is 11.3 Å². The summed E-state index contributed by atoms with van der Waals surface area (Å²) in [4.78, 5) is 12.2. The van der Waals surface area contributed by atoms with Gasteiger partial charge in [0.2, 0.25) is 11.1 Å². The Bertz CT molecular complexity index is 941. The van der Waals surface area contributed by atoms with Gasteiger partial charge < -0.3 is 10.1 Å². The first kappa shape index (κ1) is 18.9. The zero-order valence-electron chi connectivity index (χ0n) is 15.5. The van der Waals surface area contributed by atoms with E-state index in [9.17, 15) is 4.79 Å². The molecule has 0 saturated carbocycles. The van der Waals surface area contributed by atoms with Crippen molar-refractivity contribution in [1.82, 2.24) is 25.5 Å². The van der Waals surface area contributed by atoms with Gasteiger partial charge in [0, 0.05) is 6.54 Å². The van der Waals surface area contributed by atoms with Crippen LogP contribution in [0.3, 0.4) is 0 Å². The number of carbonyl (C=O) groups excluding carboxylic acids is 1. The minimum Gasteiger partial charge on any atom is -0.497 e. The van der Waals surface area contributed by atoms with E-state index in [0.717, 1.165) is 28.1 Å². The van der Waals surface area contributed by atoms with Gasteiger partial charge in [0.05, 0.1) is 18.6 Å². The number of rotatable bonds is 7. The van der Waals surface area contributed by atoms with Gasteiger partial charge in [-0.3, -0.25) is 4.79 Å². The highest BCUT2D eigenvalue weighted by molar-refractivity contribution is 7.99. The molecule has 0 saturated heterocycles. The Labute approximate surface area is 162 Å². The first-order valence-corrected chi connectivity index (χ1v) is 9.44. The Hall–Kier alpha value is -2.87. The predicted octanol–water partition coefficient (Wildman–Crippen LogP) is 2.70. The molecule has 1 amide bonds. The maximum absolute atomic E-state index is 12.2. The summed E-state index contributed by atoms with van der Waals surface area (Å²) < 4.78 is 6.86. The summed E-state index contributed by atoms with van der Waals surface area (Å²) in [7, 11) is 1.62. The molecule has 0 aliphatic rings. The van der Waals surface area contributed by atoms with Crippen LogP contribution in [0.1, 0.15) is 16.7 Å². The fraction of sp³-hybridized carbons (Fsp3) is 0.263. The molecule has 1 aromatic heterocycles. The van der Waals surface area contributed by atoms with Crippen molar-refractivity contribution in [1.29, 1.82) is 0 Å². The van der Waals surface area contributed by atoms with Crippen LogP contribution in [0.4, 0.5) is 0 Å². The molecular formula is C19H21N5O2S. The van der Waals surface area contributed by atoms with Crippen LogP contribution in [0.5, 0.6) is 5.75 Å². The van der Waals surface area contributed by atoms with Crippen molar-refractivity contribution in [2.75, 3.05) is 12.9 Å². The second-order valence-electron chi connectivity index (χ2n) is 6.01. The van der Waals surface area contributed by atoms with Crippen molar-refractivity contribution in [2.24, 2.45) is 0 Å². The summed E-state index contributed by atoms with van der Waals surface area (Å²) in [6.45, 7) is 4.52. The monoisotopic (exact) mass is 383 g/mol. The maximum atomic E-state index is 12.2. The number of hydrogen-bond acceptors (Lipinski definition) is 6. The van der Waals surface area contributed by atoms with Crippen molar-refractivity contribution in [3.05, 3.63) is 59.2 Å². The van der Waals surface area contributed by atoms with Crippen molar-refractivity contribution in [2.45, 2.75) is 25.5 Å². The van der Waals surface area contributed by atoms with Crippen LogP contribution >= 0.6 is 11.8 Å². The molecule has 0 spiro atoms. The summed E-state index contributed by atoms with van der Waals surface area (Å²) in [6.07, 6.45) is 0. The molecule has 0 unspecified atom stereocenters. The average Bonchev–Trinajstić information content (AvgIpc) is 3.15. The number of aromatic nitrogens is 4. The smallest absolute Gasteiger partial charge is 0.230 e. The first-order valence-electron chi connectivity index (χ1n) is 8.46. The van der Waals surface area contributed by atoms with Gasteiger partial charge in [-0.1, -0.05) is 36.0 Å². The van der Waals surface area contributed by atoms with Crippen LogP contribution in [0.25, 0.3) is 5.69 Å². The number of nitrogens with one attached hydrogen (secondary N) is 1. The molecule has 0 atom stereocenters. The Morgan fingerprint density at radius 1 is 1.22 bits per heavy atom. The maximum Gasteiger partial charge on any atom is 0.230 e. The normalized spacial score (nSPS) is 10.6. The number of nitrogens with zero attached hydrogens (tertiary/aromatic N) is 4. The van der Waals surface area contributed by atoms with E-state index in [2.05, 4.69) is 20.8 Å². The zero-order valence-corrected chi connectivity index (χ0v) is 16.3. The van der Waals surface area contributed by atoms with Gasteiger partial charge >= 0.3 is 0 Å². The molecular weight excluding hydrogens is 362 g/mol. The molecule has 0 fully saturated rings. The lowest BCUT2D eigenvalue weighted by Crippen LogP contribution is -2.24. The summed E-state index contributed by atoms with van der Waals surface area (Å²) in [6, 6.07) is 13.6. The van der Waals surface area contributed by atoms with Crippen LogP contribution in [0.2, 0.25) is 0 Å². The third-order valence-electron chi connectivity index (χ3n) is 4.20. The number of benzene rings is 2. The van der Waals surface area contributed by atoms with E-state index in [1.807, 2.05) is 56.3 Å². The molecule has 8 heteroatoms. The van der Waals surface area contributed by atoms with Gasteiger partial charge in [-0.2, -0.15) is 4.68 Å². The molecule has 0 radical (unpaired) electrons.